The molecule has 1 atom stereocenters. The van der Waals surface area contributed by atoms with Crippen LogP contribution in [0, 0.1) is 0 Å². The van der Waals surface area contributed by atoms with Crippen LogP contribution in [0.3, 0.4) is 0 Å². The van der Waals surface area contributed by atoms with Crippen LogP contribution in [0.25, 0.3) is 0 Å². The summed E-state index contributed by atoms with van der Waals surface area (Å²) in [6, 6.07) is 17.3. The summed E-state index contributed by atoms with van der Waals surface area (Å²) in [6.45, 7) is 4.83. The molecule has 4 nitrogen and oxygen atoms in total. The molecule has 0 bridgehead atoms. The molecule has 1 aliphatic rings. The topological polar surface area (TPSA) is 49.4 Å². The van der Waals surface area contributed by atoms with Gasteiger partial charge in [0.15, 0.2) is 0 Å². The van der Waals surface area contributed by atoms with E-state index in [9.17, 15) is 8.42 Å². The molecule has 2 aromatic carbocycles. The van der Waals surface area contributed by atoms with Crippen LogP contribution in [0.5, 0.6) is 0 Å². The zero-order valence-corrected chi connectivity index (χ0v) is 15.7. The molecule has 0 aliphatic carbocycles. The van der Waals surface area contributed by atoms with Crippen molar-refractivity contribution in [2.24, 2.45) is 0 Å². The Labute approximate surface area is 150 Å². The number of unbranched alkanes of at least 4 members (excludes halogenated alkanes) is 1. The Morgan fingerprint density at radius 2 is 1.72 bits per heavy atom. The van der Waals surface area contributed by atoms with E-state index in [1.165, 1.54) is 0 Å². The van der Waals surface area contributed by atoms with E-state index in [0.29, 0.717) is 11.4 Å². The van der Waals surface area contributed by atoms with Crippen LogP contribution in [0.2, 0.25) is 0 Å². The monoisotopic (exact) mass is 358 g/mol. The van der Waals surface area contributed by atoms with Crippen molar-refractivity contribution in [2.75, 3.05) is 11.4 Å². The third-order valence-corrected chi connectivity index (χ3v) is 6.64. The first-order valence-corrected chi connectivity index (χ1v) is 10.5. The number of anilines is 2. The summed E-state index contributed by atoms with van der Waals surface area (Å²) in [5.41, 5.74) is 1.29. The number of rotatable bonds is 5. The smallest absolute Gasteiger partial charge is 0.243 e. The van der Waals surface area contributed by atoms with Crippen LogP contribution in [-0.4, -0.2) is 20.5 Å². The molecule has 0 aromatic heterocycles. The van der Waals surface area contributed by atoms with Gasteiger partial charge in [-0.3, -0.25) is 0 Å². The Balaban J connectivity index is 2.17. The molecule has 2 aromatic rings. The van der Waals surface area contributed by atoms with E-state index in [0.717, 1.165) is 37.1 Å². The first-order valence-electron chi connectivity index (χ1n) is 8.97. The summed E-state index contributed by atoms with van der Waals surface area (Å²) in [7, 11) is -3.56. The third kappa shape index (κ3) is 3.58. The molecule has 5 heteroatoms. The summed E-state index contributed by atoms with van der Waals surface area (Å²) < 4.78 is 29.2. The number of nitrogens with one attached hydrogen (secondary N) is 1. The van der Waals surface area contributed by atoms with Gasteiger partial charge in [-0.25, -0.2) is 13.1 Å². The Bertz CT molecular complexity index is 821. The van der Waals surface area contributed by atoms with E-state index >= 15 is 0 Å². The third-order valence-electron chi connectivity index (χ3n) is 5.01. The first-order chi connectivity index (χ1) is 12.0. The van der Waals surface area contributed by atoms with Gasteiger partial charge < -0.3 is 4.90 Å². The number of benzene rings is 2. The standard InChI is InChI=1S/C20H26N2O2S/c1-3-5-15-20(4-2)16-22(17-11-7-6-8-12-17)18-13-9-10-14-19(18)25(23,24)21-20/h6-14,21H,3-5,15-16H2,1-2H3. The molecule has 1 aliphatic heterocycles. The van der Waals surface area contributed by atoms with Crippen LogP contribution >= 0.6 is 0 Å². The molecule has 1 unspecified atom stereocenters. The van der Waals surface area contributed by atoms with Gasteiger partial charge in [-0.05, 0) is 37.1 Å². The molecule has 0 fully saturated rings. The highest BCUT2D eigenvalue weighted by molar-refractivity contribution is 7.89. The molecule has 0 spiro atoms. The fraction of sp³-hybridized carbons (Fsp3) is 0.400. The fourth-order valence-electron chi connectivity index (χ4n) is 3.51. The highest BCUT2D eigenvalue weighted by Crippen LogP contribution is 2.38. The minimum absolute atomic E-state index is 0.352. The lowest BCUT2D eigenvalue weighted by molar-refractivity contribution is 0.341. The van der Waals surface area contributed by atoms with E-state index in [1.807, 2.05) is 42.5 Å². The van der Waals surface area contributed by atoms with Crippen molar-refractivity contribution in [2.45, 2.75) is 50.0 Å². The van der Waals surface area contributed by atoms with Crippen LogP contribution in [0.4, 0.5) is 11.4 Å². The van der Waals surface area contributed by atoms with Crippen molar-refractivity contribution < 1.29 is 8.42 Å². The second kappa shape index (κ2) is 7.18. The Kier molecular flexibility index (Phi) is 5.16. The van der Waals surface area contributed by atoms with Gasteiger partial charge in [0.25, 0.3) is 0 Å². The zero-order valence-electron chi connectivity index (χ0n) is 14.9. The zero-order chi connectivity index (χ0) is 17.9. The van der Waals surface area contributed by atoms with Crippen molar-refractivity contribution in [1.82, 2.24) is 4.72 Å². The summed E-state index contributed by atoms with van der Waals surface area (Å²) in [6.07, 6.45) is 3.62. The predicted octanol–water partition coefficient (Wildman–Crippen LogP) is 4.46. The molecule has 134 valence electrons. The normalized spacial score (nSPS) is 22.2. The second-order valence-corrected chi connectivity index (χ2v) is 8.38. The molecule has 3 rings (SSSR count). The quantitative estimate of drug-likeness (QED) is 0.859. The molecule has 1 N–H and O–H groups in total. The van der Waals surface area contributed by atoms with Crippen molar-refractivity contribution in [3.8, 4) is 0 Å². The number of para-hydroxylation sites is 2. The molecule has 0 amide bonds. The average Bonchev–Trinajstić information content (AvgIpc) is 2.74. The van der Waals surface area contributed by atoms with Gasteiger partial charge >= 0.3 is 0 Å². The number of hydrogen-bond donors (Lipinski definition) is 1. The van der Waals surface area contributed by atoms with Crippen LogP contribution in [0.15, 0.2) is 59.5 Å². The van der Waals surface area contributed by atoms with E-state index in [-0.39, 0.29) is 0 Å². The Morgan fingerprint density at radius 3 is 2.40 bits per heavy atom. The van der Waals surface area contributed by atoms with Crippen LogP contribution < -0.4 is 9.62 Å². The highest BCUT2D eigenvalue weighted by Gasteiger charge is 2.40. The Morgan fingerprint density at radius 1 is 1.04 bits per heavy atom. The van der Waals surface area contributed by atoms with E-state index < -0.39 is 15.6 Å². The fourth-order valence-corrected chi connectivity index (χ4v) is 5.21. The molecular formula is C20H26N2O2S. The summed E-state index contributed by atoms with van der Waals surface area (Å²) in [5.74, 6) is 0. The maximum absolute atomic E-state index is 13.1. The van der Waals surface area contributed by atoms with Crippen LogP contribution in [0.1, 0.15) is 39.5 Å². The van der Waals surface area contributed by atoms with E-state index in [2.05, 4.69) is 23.5 Å². The van der Waals surface area contributed by atoms with Gasteiger partial charge in [-0.15, -0.1) is 0 Å². The summed E-state index contributed by atoms with van der Waals surface area (Å²) in [4.78, 5) is 2.50. The number of hydrogen-bond acceptors (Lipinski definition) is 3. The predicted molar refractivity (Wildman–Crippen MR) is 103 cm³/mol. The van der Waals surface area contributed by atoms with Crippen LogP contribution in [-0.2, 0) is 10.0 Å². The number of nitrogens with zero attached hydrogens (tertiary/aromatic N) is 1. The lowest BCUT2D eigenvalue weighted by Crippen LogP contribution is -2.52. The molecule has 0 saturated heterocycles. The molecule has 0 saturated carbocycles. The van der Waals surface area contributed by atoms with Gasteiger partial charge in [-0.2, -0.15) is 0 Å². The molecule has 1 heterocycles. The van der Waals surface area contributed by atoms with Crippen molar-refractivity contribution in [1.29, 1.82) is 0 Å². The minimum atomic E-state index is -3.56. The SMILES string of the molecule is CCCCC1(CC)CN(c2ccccc2)c2ccccc2S(=O)(=O)N1. The van der Waals surface area contributed by atoms with Gasteiger partial charge in [0.2, 0.25) is 10.0 Å². The largest absolute Gasteiger partial charge is 0.338 e. The van der Waals surface area contributed by atoms with Crippen molar-refractivity contribution in [3.63, 3.8) is 0 Å². The van der Waals surface area contributed by atoms with Crippen molar-refractivity contribution >= 4 is 21.4 Å². The highest BCUT2D eigenvalue weighted by atomic mass is 32.2. The second-order valence-electron chi connectivity index (χ2n) is 6.73. The minimum Gasteiger partial charge on any atom is -0.338 e. The van der Waals surface area contributed by atoms with Gasteiger partial charge in [-0.1, -0.05) is 57.0 Å². The van der Waals surface area contributed by atoms with E-state index in [4.69, 9.17) is 0 Å². The van der Waals surface area contributed by atoms with Gasteiger partial charge in [0.1, 0.15) is 4.90 Å². The van der Waals surface area contributed by atoms with Gasteiger partial charge in [0, 0.05) is 12.2 Å². The van der Waals surface area contributed by atoms with Crippen molar-refractivity contribution in [3.05, 3.63) is 54.6 Å². The van der Waals surface area contributed by atoms with Gasteiger partial charge in [0.05, 0.1) is 11.2 Å². The molecule has 25 heavy (non-hydrogen) atoms. The average molecular weight is 359 g/mol. The number of sulfonamides is 1. The number of fused-ring (bicyclic) bond motifs is 1. The first kappa shape index (κ1) is 18.0. The molecule has 0 radical (unpaired) electrons. The van der Waals surface area contributed by atoms with E-state index in [1.54, 1.807) is 12.1 Å². The Hall–Kier alpha value is -1.85. The lowest BCUT2D eigenvalue weighted by Gasteiger charge is -2.36. The summed E-state index contributed by atoms with van der Waals surface area (Å²) >= 11 is 0. The summed E-state index contributed by atoms with van der Waals surface area (Å²) in [5, 5.41) is 0. The lowest BCUT2D eigenvalue weighted by atomic mass is 9.90. The maximum Gasteiger partial charge on any atom is 0.243 e. The maximum atomic E-state index is 13.1. The molecular weight excluding hydrogens is 332 g/mol.